The van der Waals surface area contributed by atoms with Gasteiger partial charge < -0.3 is 1.43 Å². The van der Waals surface area contributed by atoms with Crippen molar-refractivity contribution in [2.24, 2.45) is 0 Å². The number of benzene rings is 1. The van der Waals surface area contributed by atoms with Gasteiger partial charge in [-0.15, -0.1) is 0 Å². The summed E-state index contributed by atoms with van der Waals surface area (Å²) in [5.74, 6) is -0.209. The molecule has 0 spiro atoms. The van der Waals surface area contributed by atoms with Crippen molar-refractivity contribution in [3.63, 3.8) is 0 Å². The van der Waals surface area contributed by atoms with Crippen molar-refractivity contribution >= 4 is 14.5 Å². The van der Waals surface area contributed by atoms with Crippen LogP contribution in [0, 0.1) is 0 Å². The van der Waals surface area contributed by atoms with Gasteiger partial charge >= 0.3 is 123 Å². The van der Waals surface area contributed by atoms with Crippen LogP contribution in [0.25, 0.3) is 0 Å². The van der Waals surface area contributed by atoms with E-state index in [1.165, 1.54) is 12.5 Å². The van der Waals surface area contributed by atoms with E-state index in [1.54, 1.807) is 12.1 Å². The van der Waals surface area contributed by atoms with E-state index in [4.69, 9.17) is 4.18 Å². The Morgan fingerprint density at radius 2 is 2.14 bits per heavy atom. The molecule has 0 saturated heterocycles. The van der Waals surface area contributed by atoms with Crippen LogP contribution < -0.4 is 29.6 Å². The molecule has 0 heterocycles. The van der Waals surface area contributed by atoms with Crippen LogP contribution in [0.15, 0.2) is 30.3 Å². The van der Waals surface area contributed by atoms with E-state index >= 15 is 0 Å². The third kappa shape index (κ3) is 5.76. The average Bonchev–Trinajstić information content (AvgIpc) is 2.19. The number of rotatable bonds is 4. The topological polar surface area (TPSA) is 26.3 Å². The fraction of sp³-hybridized carbons (Fsp3) is 0.222. The Morgan fingerprint density at radius 1 is 1.50 bits per heavy atom. The molecule has 2 nitrogen and oxygen atoms in total. The summed E-state index contributed by atoms with van der Waals surface area (Å²) in [5.41, 5.74) is 0.638. The number of hydrogen-bond donors (Lipinski definition) is 0. The van der Waals surface area contributed by atoms with Gasteiger partial charge in [-0.25, -0.2) is 0 Å². The van der Waals surface area contributed by atoms with Crippen LogP contribution in [0.5, 0.6) is 0 Å². The minimum Gasteiger partial charge on any atom is -1.00 e. The molecule has 1 rings (SSSR count). The van der Waals surface area contributed by atoms with Crippen LogP contribution >= 0.6 is 8.52 Å². The molecule has 0 bridgehead atoms. The Morgan fingerprint density at radius 3 is 2.71 bits per heavy atom. The third-order valence-electron chi connectivity index (χ3n) is 1.43. The molecule has 0 aliphatic carbocycles. The molecule has 0 aliphatic rings. The zero-order valence-corrected chi connectivity index (χ0v) is 16.8. The molecule has 0 saturated carbocycles. The van der Waals surface area contributed by atoms with Crippen molar-refractivity contribution in [2.75, 3.05) is 0 Å². The molecule has 5 heteroatoms. The van der Waals surface area contributed by atoms with Crippen LogP contribution in [0.1, 0.15) is 18.7 Å². The molecule has 68 valence electrons. The second-order valence-corrected chi connectivity index (χ2v) is 14.8. The van der Waals surface area contributed by atoms with Gasteiger partial charge in [0.05, 0.1) is 0 Å². The van der Waals surface area contributed by atoms with Crippen molar-refractivity contribution in [3.05, 3.63) is 35.9 Å². The number of carbonyl (C=O) groups excluding carboxylic acids is 1. The molecule has 0 radical (unpaired) electrons. The molecular formula is C9H11HgNaO2S. The number of hydrogen-bond acceptors (Lipinski definition) is 3. The van der Waals surface area contributed by atoms with Gasteiger partial charge in [0.2, 0.25) is 0 Å². The van der Waals surface area contributed by atoms with Gasteiger partial charge in [-0.1, -0.05) is 0 Å². The van der Waals surface area contributed by atoms with E-state index in [0.29, 0.717) is 5.56 Å². The smallest absolute Gasteiger partial charge is 1.00 e. The summed E-state index contributed by atoms with van der Waals surface area (Å²) in [6, 6.07) is 9.10. The summed E-state index contributed by atoms with van der Waals surface area (Å²) in [4.78, 5) is 11.3. The summed E-state index contributed by atoms with van der Waals surface area (Å²) in [6.45, 7) is 2.14. The fourth-order valence-electron chi connectivity index (χ4n) is 0.801. The first kappa shape index (κ1) is 15.0. The van der Waals surface area contributed by atoms with Crippen molar-refractivity contribution < 1.29 is 63.0 Å². The first-order valence-electron chi connectivity index (χ1n) is 4.23. The molecule has 0 N–H and O–H groups in total. The molecular weight excluding hydrogens is 396 g/mol. The molecule has 1 aromatic rings. The maximum Gasteiger partial charge on any atom is 1.00 e. The number of carbonyl (C=O) groups is 1. The fourth-order valence-corrected chi connectivity index (χ4v) is 5.42. The molecule has 0 fully saturated rings. The third-order valence-corrected chi connectivity index (χ3v) is 10.4. The summed E-state index contributed by atoms with van der Waals surface area (Å²) >= 11 is -0.911. The normalized spacial score (nSPS) is 8.36. The summed E-state index contributed by atoms with van der Waals surface area (Å²) in [7, 11) is 1.43. The van der Waals surface area contributed by atoms with Gasteiger partial charge in [0.15, 0.2) is 0 Å². The van der Waals surface area contributed by atoms with Crippen molar-refractivity contribution in [1.29, 1.82) is 0 Å². The van der Waals surface area contributed by atoms with Crippen LogP contribution in [0.3, 0.4) is 0 Å². The first-order chi connectivity index (χ1) is 6.34. The zero-order valence-electron chi connectivity index (χ0n) is 9.53. The molecule has 14 heavy (non-hydrogen) atoms. The first-order valence-corrected chi connectivity index (χ1v) is 15.8. The van der Waals surface area contributed by atoms with E-state index in [9.17, 15) is 4.79 Å². The average molecular weight is 407 g/mol. The summed E-state index contributed by atoms with van der Waals surface area (Å²) in [5, 5.41) is 0. The maximum absolute atomic E-state index is 11.3. The van der Waals surface area contributed by atoms with E-state index < -0.39 is 23.1 Å². The second-order valence-electron chi connectivity index (χ2n) is 2.56. The van der Waals surface area contributed by atoms with Crippen LogP contribution in [-0.2, 0) is 27.2 Å². The van der Waals surface area contributed by atoms with Gasteiger partial charge in [-0.05, 0) is 0 Å². The van der Waals surface area contributed by atoms with Gasteiger partial charge in [0.1, 0.15) is 0 Å². The maximum atomic E-state index is 11.3. The summed E-state index contributed by atoms with van der Waals surface area (Å²) < 4.78 is 6.27. The Kier molecular flexibility index (Phi) is 9.86. The molecule has 0 aliphatic heterocycles. The van der Waals surface area contributed by atoms with Gasteiger partial charge in [-0.2, -0.15) is 0 Å². The van der Waals surface area contributed by atoms with Crippen molar-refractivity contribution in [3.8, 4) is 0 Å². The van der Waals surface area contributed by atoms with E-state index in [0.717, 1.165) is 0 Å². The molecule has 0 atom stereocenters. The minimum atomic E-state index is -0.911. The predicted molar refractivity (Wildman–Crippen MR) is 51.0 cm³/mol. The van der Waals surface area contributed by atoms with Crippen LogP contribution in [0.2, 0.25) is 3.93 Å². The Labute approximate surface area is 123 Å². The molecule has 0 aromatic heterocycles. The van der Waals surface area contributed by atoms with E-state index in [-0.39, 0.29) is 37.0 Å². The minimum absolute atomic E-state index is 0. The quantitative estimate of drug-likeness (QED) is 0.401. The zero-order chi connectivity index (χ0) is 9.52. The van der Waals surface area contributed by atoms with Crippen molar-refractivity contribution in [2.45, 2.75) is 10.9 Å². The van der Waals surface area contributed by atoms with Crippen LogP contribution in [-0.4, -0.2) is 5.97 Å². The Balaban J connectivity index is 0. The summed E-state index contributed by atoms with van der Waals surface area (Å²) in [6.07, 6.45) is 0. The van der Waals surface area contributed by atoms with Gasteiger partial charge in [0.25, 0.3) is 0 Å². The largest absolute Gasteiger partial charge is 1.00 e. The van der Waals surface area contributed by atoms with Crippen LogP contribution in [0.4, 0.5) is 0 Å². The molecule has 1 aromatic carbocycles. The standard InChI is InChI=1S/C7H6O2S.C2H5.Hg.Na.H/c8-7(9-10)6-4-2-1-3-5-6;1-2;;;/h1-5,10H;1H2,2H3;;;/q;;2*+1;-1/p-1. The van der Waals surface area contributed by atoms with E-state index in [1.807, 2.05) is 18.2 Å². The monoisotopic (exact) mass is 408 g/mol. The predicted octanol–water partition coefficient (Wildman–Crippen LogP) is 0.0438. The molecule has 0 unspecified atom stereocenters. The SMILES string of the molecule is C[CH2][Hg][S]OC(=O)c1ccccc1.[H-].[Na+]. The Hall–Kier alpha value is 0.975. The van der Waals surface area contributed by atoms with E-state index in [2.05, 4.69) is 6.92 Å². The Bertz CT molecular complexity index is 274. The molecule has 0 amide bonds. The van der Waals surface area contributed by atoms with Gasteiger partial charge in [0, 0.05) is 0 Å². The van der Waals surface area contributed by atoms with Crippen molar-refractivity contribution in [1.82, 2.24) is 0 Å². The van der Waals surface area contributed by atoms with Gasteiger partial charge in [-0.3, -0.25) is 0 Å². The second kappa shape index (κ2) is 9.22.